The van der Waals surface area contributed by atoms with Gasteiger partial charge in [-0.15, -0.1) is 11.6 Å². The van der Waals surface area contributed by atoms with Crippen molar-refractivity contribution in [1.82, 2.24) is 9.80 Å². The Morgan fingerprint density at radius 1 is 1.36 bits per heavy atom. The summed E-state index contributed by atoms with van der Waals surface area (Å²) in [5.74, 6) is -0.114. The molecular weight excluding hydrogens is 304 g/mol. The predicted molar refractivity (Wildman–Crippen MR) is 84.7 cm³/mol. The maximum atomic E-state index is 12.1. The number of hydrogen-bond acceptors (Lipinski definition) is 3. The van der Waals surface area contributed by atoms with Crippen LogP contribution in [0.4, 0.5) is 4.79 Å². The molecule has 2 rings (SSSR count). The molecule has 0 aromatic heterocycles. The van der Waals surface area contributed by atoms with E-state index in [1.54, 1.807) is 9.80 Å². The first kappa shape index (κ1) is 16.6. The second-order valence-corrected chi connectivity index (χ2v) is 5.51. The zero-order valence-electron chi connectivity index (χ0n) is 12.7. The highest BCUT2D eigenvalue weighted by Gasteiger charge is 2.32. The number of halogens is 1. The van der Waals surface area contributed by atoms with Crippen molar-refractivity contribution < 1.29 is 14.3 Å². The minimum Gasteiger partial charge on any atom is -0.445 e. The van der Waals surface area contributed by atoms with Crippen molar-refractivity contribution in [2.24, 2.45) is 0 Å². The molecule has 1 aliphatic rings. The van der Waals surface area contributed by atoms with E-state index in [0.29, 0.717) is 19.6 Å². The summed E-state index contributed by atoms with van der Waals surface area (Å²) in [6, 6.07) is 9.60. The number of likely N-dealkylation sites (N-methyl/N-ethyl adjacent to an activating group) is 1. The van der Waals surface area contributed by atoms with E-state index >= 15 is 0 Å². The quantitative estimate of drug-likeness (QED) is 0.782. The van der Waals surface area contributed by atoms with Crippen molar-refractivity contribution in [2.45, 2.75) is 26.0 Å². The first-order chi connectivity index (χ1) is 10.7. The first-order valence-corrected chi connectivity index (χ1v) is 8.00. The van der Waals surface area contributed by atoms with Crippen LogP contribution in [0.1, 0.15) is 18.9 Å². The molecule has 1 aromatic rings. The molecule has 6 heteroatoms. The smallest absolute Gasteiger partial charge is 0.410 e. The predicted octanol–water partition coefficient (Wildman–Crippen LogP) is 2.48. The highest BCUT2D eigenvalue weighted by Crippen LogP contribution is 2.17. The molecule has 0 N–H and O–H groups in total. The minimum absolute atomic E-state index is 0.0250. The van der Waals surface area contributed by atoms with Gasteiger partial charge in [-0.25, -0.2) is 4.79 Å². The summed E-state index contributed by atoms with van der Waals surface area (Å²) in [5, 5.41) is 0. The van der Waals surface area contributed by atoms with E-state index in [1.807, 2.05) is 37.3 Å². The zero-order valence-corrected chi connectivity index (χ0v) is 13.5. The lowest BCUT2D eigenvalue weighted by Gasteiger charge is -2.27. The molecule has 5 nitrogen and oxygen atoms in total. The summed E-state index contributed by atoms with van der Waals surface area (Å²) in [7, 11) is 0. The average Bonchev–Trinajstić information content (AvgIpc) is 3.03. The molecule has 22 heavy (non-hydrogen) atoms. The highest BCUT2D eigenvalue weighted by molar-refractivity contribution is 6.27. The highest BCUT2D eigenvalue weighted by atomic mass is 35.5. The molecule has 120 valence electrons. The van der Waals surface area contributed by atoms with Crippen molar-refractivity contribution in [1.29, 1.82) is 0 Å². The number of carbonyl (C=O) groups is 2. The Morgan fingerprint density at radius 2 is 2.09 bits per heavy atom. The second kappa shape index (κ2) is 8.03. The maximum Gasteiger partial charge on any atom is 0.410 e. The van der Waals surface area contributed by atoms with Gasteiger partial charge >= 0.3 is 6.09 Å². The SMILES string of the molecule is CCN(C(=O)CCl)[C@H]1CCN(C(=O)OCc2ccccc2)C1. The minimum atomic E-state index is -0.333. The third-order valence-electron chi connectivity index (χ3n) is 3.84. The molecule has 1 fully saturated rings. The van der Waals surface area contributed by atoms with Crippen molar-refractivity contribution >= 4 is 23.6 Å². The molecule has 0 spiro atoms. The standard InChI is InChI=1S/C16H21ClN2O3/c1-2-19(15(20)10-17)14-8-9-18(11-14)16(21)22-12-13-6-4-3-5-7-13/h3-7,14H,2,8-12H2,1H3/t14-/m0/s1. The topological polar surface area (TPSA) is 49.9 Å². The number of amides is 2. The summed E-state index contributed by atoms with van der Waals surface area (Å²) in [4.78, 5) is 27.2. The van der Waals surface area contributed by atoms with Crippen LogP contribution < -0.4 is 0 Å². The van der Waals surface area contributed by atoms with E-state index in [2.05, 4.69) is 0 Å². The van der Waals surface area contributed by atoms with E-state index in [4.69, 9.17) is 16.3 Å². The van der Waals surface area contributed by atoms with Gasteiger partial charge in [-0.2, -0.15) is 0 Å². The van der Waals surface area contributed by atoms with E-state index in [-0.39, 0.29) is 30.5 Å². The Morgan fingerprint density at radius 3 is 2.73 bits per heavy atom. The van der Waals surface area contributed by atoms with Crippen molar-refractivity contribution in [3.8, 4) is 0 Å². The zero-order chi connectivity index (χ0) is 15.9. The molecule has 1 aliphatic heterocycles. The number of nitrogens with zero attached hydrogens (tertiary/aromatic N) is 2. The lowest BCUT2D eigenvalue weighted by Crippen LogP contribution is -2.43. The molecular formula is C16H21ClN2O3. The number of alkyl halides is 1. The van der Waals surface area contributed by atoms with Crippen molar-refractivity contribution in [3.63, 3.8) is 0 Å². The summed E-state index contributed by atoms with van der Waals surface area (Å²) in [6.45, 7) is 3.89. The summed E-state index contributed by atoms with van der Waals surface area (Å²) in [6.07, 6.45) is 0.428. The van der Waals surface area contributed by atoms with Gasteiger partial charge in [0.1, 0.15) is 12.5 Å². The van der Waals surface area contributed by atoms with Crippen LogP contribution in [-0.2, 0) is 16.1 Å². The normalized spacial score (nSPS) is 17.4. The number of likely N-dealkylation sites (tertiary alicyclic amines) is 1. The van der Waals surface area contributed by atoms with Gasteiger partial charge in [0.2, 0.25) is 5.91 Å². The fourth-order valence-electron chi connectivity index (χ4n) is 2.69. The van der Waals surface area contributed by atoms with Crippen LogP contribution in [0.15, 0.2) is 30.3 Å². The van der Waals surface area contributed by atoms with Gasteiger partial charge in [0, 0.05) is 19.6 Å². The molecule has 0 radical (unpaired) electrons. The fraction of sp³-hybridized carbons (Fsp3) is 0.500. The Kier molecular flexibility index (Phi) is 6.07. The third-order valence-corrected chi connectivity index (χ3v) is 4.07. The molecule has 1 aromatic carbocycles. The van der Waals surface area contributed by atoms with Gasteiger partial charge in [0.25, 0.3) is 0 Å². The second-order valence-electron chi connectivity index (χ2n) is 5.24. The van der Waals surface area contributed by atoms with Crippen molar-refractivity contribution in [3.05, 3.63) is 35.9 Å². The summed E-state index contributed by atoms with van der Waals surface area (Å²) < 4.78 is 5.32. The van der Waals surface area contributed by atoms with E-state index in [9.17, 15) is 9.59 Å². The summed E-state index contributed by atoms with van der Waals surface area (Å²) in [5.41, 5.74) is 0.957. The van der Waals surface area contributed by atoms with Crippen molar-refractivity contribution in [2.75, 3.05) is 25.5 Å². The molecule has 1 saturated heterocycles. The van der Waals surface area contributed by atoms with E-state index < -0.39 is 0 Å². The number of rotatable bonds is 5. The van der Waals surface area contributed by atoms with Crippen LogP contribution in [0.25, 0.3) is 0 Å². The molecule has 1 heterocycles. The number of hydrogen-bond donors (Lipinski definition) is 0. The van der Waals surface area contributed by atoms with E-state index in [1.165, 1.54) is 0 Å². The molecule has 2 amide bonds. The Bertz CT molecular complexity index is 509. The molecule has 0 unspecified atom stereocenters. The van der Waals surface area contributed by atoms with Gasteiger partial charge < -0.3 is 14.5 Å². The van der Waals surface area contributed by atoms with Crippen LogP contribution in [0.5, 0.6) is 0 Å². The Hall–Kier alpha value is -1.75. The van der Waals surface area contributed by atoms with Gasteiger partial charge in [0.05, 0.1) is 6.04 Å². The number of carbonyl (C=O) groups excluding carboxylic acids is 2. The van der Waals surface area contributed by atoms with Gasteiger partial charge in [0.15, 0.2) is 0 Å². The Balaban J connectivity index is 1.84. The van der Waals surface area contributed by atoms with Gasteiger partial charge in [-0.05, 0) is 18.9 Å². The van der Waals surface area contributed by atoms with Gasteiger partial charge in [-0.3, -0.25) is 4.79 Å². The number of benzene rings is 1. The molecule has 0 aliphatic carbocycles. The molecule has 1 atom stereocenters. The van der Waals surface area contributed by atoms with Crippen LogP contribution in [0.3, 0.4) is 0 Å². The van der Waals surface area contributed by atoms with Crippen LogP contribution >= 0.6 is 11.6 Å². The lowest BCUT2D eigenvalue weighted by atomic mass is 10.2. The van der Waals surface area contributed by atoms with Crippen LogP contribution in [-0.4, -0.2) is 53.4 Å². The first-order valence-electron chi connectivity index (χ1n) is 7.46. The third kappa shape index (κ3) is 4.13. The van der Waals surface area contributed by atoms with Gasteiger partial charge in [-0.1, -0.05) is 30.3 Å². The fourth-order valence-corrected chi connectivity index (χ4v) is 2.84. The Labute approximate surface area is 135 Å². The monoisotopic (exact) mass is 324 g/mol. The van der Waals surface area contributed by atoms with E-state index in [0.717, 1.165) is 12.0 Å². The molecule has 0 saturated carbocycles. The van der Waals surface area contributed by atoms with Crippen LogP contribution in [0, 0.1) is 0 Å². The summed E-state index contributed by atoms with van der Waals surface area (Å²) >= 11 is 5.62. The largest absolute Gasteiger partial charge is 0.445 e. The number of ether oxygens (including phenoxy) is 1. The average molecular weight is 325 g/mol. The maximum absolute atomic E-state index is 12.1. The molecule has 0 bridgehead atoms. The van der Waals surface area contributed by atoms with Crippen LogP contribution in [0.2, 0.25) is 0 Å². The lowest BCUT2D eigenvalue weighted by molar-refractivity contribution is -0.130.